The second-order valence-electron chi connectivity index (χ2n) is 5.93. The van der Waals surface area contributed by atoms with Crippen molar-refractivity contribution >= 4 is 11.6 Å². The fraction of sp³-hybridized carbons (Fsp3) is 0.294. The Morgan fingerprint density at radius 3 is 2.19 bits per heavy atom. The molecule has 0 N–H and O–H groups in total. The molecule has 2 aromatic rings. The van der Waals surface area contributed by atoms with E-state index in [2.05, 4.69) is 4.74 Å². The molecule has 0 saturated heterocycles. The molecule has 0 spiro atoms. The number of ether oxygens (including phenoxy) is 1. The van der Waals surface area contributed by atoms with Gasteiger partial charge in [0.05, 0.1) is 5.56 Å². The minimum absolute atomic E-state index is 0.0200. The first-order chi connectivity index (χ1) is 12.0. The number of hydrogen-bond acceptors (Lipinski definition) is 2. The van der Waals surface area contributed by atoms with E-state index in [4.69, 9.17) is 11.6 Å². The number of nitrogens with zero attached hydrogens (tertiary/aromatic N) is 1. The number of halogens is 7. The summed E-state index contributed by atoms with van der Waals surface area (Å²) in [5, 5.41) is 0.0200. The quantitative estimate of drug-likeness (QED) is 0.611. The predicted molar refractivity (Wildman–Crippen MR) is 82.5 cm³/mol. The van der Waals surface area contributed by atoms with Gasteiger partial charge in [0, 0.05) is 24.7 Å². The van der Waals surface area contributed by atoms with Crippen LogP contribution in [0.3, 0.4) is 0 Å². The molecule has 2 nitrogen and oxygen atoms in total. The second-order valence-corrected chi connectivity index (χ2v) is 6.36. The van der Waals surface area contributed by atoms with Crippen molar-refractivity contribution in [1.82, 2.24) is 4.90 Å². The molecule has 1 aliphatic rings. The molecule has 9 heteroatoms. The molecular formula is C17H12ClF6NO. The maximum Gasteiger partial charge on any atom is 0.573 e. The molecule has 2 aromatic carbocycles. The van der Waals surface area contributed by atoms with Crippen molar-refractivity contribution in [3.63, 3.8) is 0 Å². The van der Waals surface area contributed by atoms with Crippen LogP contribution in [-0.4, -0.2) is 11.3 Å². The van der Waals surface area contributed by atoms with Gasteiger partial charge in [-0.1, -0.05) is 23.7 Å². The summed E-state index contributed by atoms with van der Waals surface area (Å²) in [6.45, 7) is 0.651. The van der Waals surface area contributed by atoms with Crippen molar-refractivity contribution in [1.29, 1.82) is 0 Å². The van der Waals surface area contributed by atoms with Crippen molar-refractivity contribution in [2.24, 2.45) is 0 Å². The molecule has 0 fully saturated rings. The normalized spacial score (nSPS) is 15.2. The molecule has 0 bridgehead atoms. The molecule has 1 heterocycles. The summed E-state index contributed by atoms with van der Waals surface area (Å²) in [4.78, 5) is 1.76. The number of rotatable bonds is 3. The van der Waals surface area contributed by atoms with E-state index in [1.54, 1.807) is 4.90 Å². The van der Waals surface area contributed by atoms with Crippen molar-refractivity contribution < 1.29 is 31.1 Å². The monoisotopic (exact) mass is 395 g/mol. The Kier molecular flexibility index (Phi) is 4.83. The highest BCUT2D eigenvalue weighted by Gasteiger charge is 2.37. The van der Waals surface area contributed by atoms with Gasteiger partial charge >= 0.3 is 12.5 Å². The molecule has 1 aliphatic heterocycles. The largest absolute Gasteiger partial charge is 0.573 e. The Bertz CT molecular complexity index is 801. The van der Waals surface area contributed by atoms with Crippen LogP contribution >= 0.6 is 11.6 Å². The summed E-state index contributed by atoms with van der Waals surface area (Å²) in [6.07, 6.45) is -9.27. The van der Waals surface area contributed by atoms with E-state index in [1.165, 1.54) is 30.3 Å². The smallest absolute Gasteiger partial charge is 0.406 e. The van der Waals surface area contributed by atoms with E-state index in [-0.39, 0.29) is 36.0 Å². The molecule has 0 radical (unpaired) electrons. The van der Waals surface area contributed by atoms with E-state index in [0.717, 1.165) is 6.07 Å². The third-order valence-corrected chi connectivity index (χ3v) is 4.17. The topological polar surface area (TPSA) is 12.5 Å². The van der Waals surface area contributed by atoms with Gasteiger partial charge in [-0.05, 0) is 41.0 Å². The number of alkyl halides is 6. The molecule has 0 amide bonds. The molecule has 3 rings (SSSR count). The van der Waals surface area contributed by atoms with Gasteiger partial charge < -0.3 is 4.74 Å². The summed E-state index contributed by atoms with van der Waals surface area (Å²) in [6, 6.07) is 7.65. The number of benzene rings is 2. The lowest BCUT2D eigenvalue weighted by atomic mass is 10.0. The lowest BCUT2D eigenvalue weighted by Gasteiger charge is -2.16. The van der Waals surface area contributed by atoms with E-state index >= 15 is 0 Å². The highest BCUT2D eigenvalue weighted by molar-refractivity contribution is 6.30. The lowest BCUT2D eigenvalue weighted by molar-refractivity contribution is -0.274. The van der Waals surface area contributed by atoms with E-state index in [0.29, 0.717) is 11.1 Å². The first-order valence-electron chi connectivity index (χ1n) is 7.47. The maximum atomic E-state index is 13.2. The highest BCUT2D eigenvalue weighted by Crippen LogP contribution is 2.39. The van der Waals surface area contributed by atoms with Crippen LogP contribution in [0.25, 0.3) is 0 Å². The van der Waals surface area contributed by atoms with E-state index < -0.39 is 18.1 Å². The van der Waals surface area contributed by atoms with Crippen LogP contribution in [0.2, 0.25) is 5.02 Å². The summed E-state index contributed by atoms with van der Waals surface area (Å²) >= 11 is 5.79. The van der Waals surface area contributed by atoms with Crippen molar-refractivity contribution in [3.8, 4) is 5.75 Å². The van der Waals surface area contributed by atoms with Gasteiger partial charge in [-0.2, -0.15) is 13.2 Å². The zero-order valence-corrected chi connectivity index (χ0v) is 13.8. The molecule has 0 saturated carbocycles. The van der Waals surface area contributed by atoms with Crippen molar-refractivity contribution in [3.05, 3.63) is 63.7 Å². The zero-order valence-electron chi connectivity index (χ0n) is 13.1. The Balaban J connectivity index is 1.73. The molecular weight excluding hydrogens is 384 g/mol. The van der Waals surface area contributed by atoms with Crippen LogP contribution in [0.15, 0.2) is 36.4 Å². The van der Waals surface area contributed by atoms with Gasteiger partial charge in [-0.25, -0.2) is 0 Å². The van der Waals surface area contributed by atoms with Crippen LogP contribution in [-0.2, 0) is 25.8 Å². The van der Waals surface area contributed by atoms with Crippen LogP contribution < -0.4 is 4.74 Å². The average Bonchev–Trinajstić information content (AvgIpc) is 2.88. The fourth-order valence-corrected chi connectivity index (χ4v) is 3.20. The van der Waals surface area contributed by atoms with Gasteiger partial charge in [0.1, 0.15) is 5.75 Å². The first kappa shape index (κ1) is 18.8. The summed E-state index contributed by atoms with van der Waals surface area (Å²) in [7, 11) is 0. The van der Waals surface area contributed by atoms with Crippen molar-refractivity contribution in [2.75, 3.05) is 0 Å². The molecule has 0 atom stereocenters. The molecule has 140 valence electrons. The third-order valence-electron chi connectivity index (χ3n) is 3.95. The Hall–Kier alpha value is -1.93. The molecule has 0 aliphatic carbocycles. The van der Waals surface area contributed by atoms with E-state index in [9.17, 15) is 26.3 Å². The van der Waals surface area contributed by atoms with Crippen LogP contribution in [0, 0.1) is 0 Å². The van der Waals surface area contributed by atoms with Crippen LogP contribution in [0.4, 0.5) is 26.3 Å². The van der Waals surface area contributed by atoms with Gasteiger partial charge in [0.25, 0.3) is 0 Å². The van der Waals surface area contributed by atoms with Gasteiger partial charge in [0.15, 0.2) is 0 Å². The third kappa shape index (κ3) is 4.42. The Labute approximate surface area is 149 Å². The molecule has 0 aromatic heterocycles. The van der Waals surface area contributed by atoms with Gasteiger partial charge in [-0.3, -0.25) is 4.90 Å². The Morgan fingerprint density at radius 1 is 0.962 bits per heavy atom. The Morgan fingerprint density at radius 2 is 1.62 bits per heavy atom. The first-order valence-corrected chi connectivity index (χ1v) is 7.84. The minimum Gasteiger partial charge on any atom is -0.406 e. The highest BCUT2D eigenvalue weighted by atomic mass is 35.5. The average molecular weight is 396 g/mol. The van der Waals surface area contributed by atoms with Crippen LogP contribution in [0.5, 0.6) is 5.75 Å². The molecule has 26 heavy (non-hydrogen) atoms. The summed E-state index contributed by atoms with van der Waals surface area (Å²) in [5.41, 5.74) is 0.587. The fourth-order valence-electron chi connectivity index (χ4n) is 2.96. The SMILES string of the molecule is FC(F)(F)Oc1ccc(CN2Cc3cc(Cl)cc(C(F)(F)F)c3C2)cc1. The lowest BCUT2D eigenvalue weighted by Crippen LogP contribution is -2.18. The van der Waals surface area contributed by atoms with E-state index in [1.807, 2.05) is 0 Å². The predicted octanol–water partition coefficient (Wildman–Crippen LogP) is 5.77. The zero-order chi connectivity index (χ0) is 19.1. The molecule has 0 unspecified atom stereocenters. The maximum absolute atomic E-state index is 13.2. The minimum atomic E-state index is -4.77. The summed E-state index contributed by atoms with van der Waals surface area (Å²) in [5.74, 6) is -0.350. The summed E-state index contributed by atoms with van der Waals surface area (Å²) < 4.78 is 79.8. The number of fused-ring (bicyclic) bond motifs is 1. The van der Waals surface area contributed by atoms with Gasteiger partial charge in [-0.15, -0.1) is 13.2 Å². The number of hydrogen-bond donors (Lipinski definition) is 0. The van der Waals surface area contributed by atoms with Crippen LogP contribution in [0.1, 0.15) is 22.3 Å². The van der Waals surface area contributed by atoms with Crippen molar-refractivity contribution in [2.45, 2.75) is 32.2 Å². The second kappa shape index (κ2) is 6.66. The van der Waals surface area contributed by atoms with Gasteiger partial charge in [0.2, 0.25) is 0 Å². The standard InChI is InChI=1S/C17H12ClF6NO/c18-12-5-11-8-25(9-14(11)15(6-12)16(19,20)21)7-10-1-3-13(4-2-10)26-17(22,23)24/h1-6H,7-9H2.